The molecule has 0 radical (unpaired) electrons. The minimum Gasteiger partial charge on any atom is -0.305 e. The Morgan fingerprint density at radius 3 is 2.24 bits per heavy atom. The lowest BCUT2D eigenvalue weighted by molar-refractivity contribution is 0.791. The molecule has 7 heteroatoms. The largest absolute Gasteiger partial charge is 0.305 e. The summed E-state index contributed by atoms with van der Waals surface area (Å²) in [5.41, 5.74) is 5.80. The Bertz CT molecular complexity index is 1690. The van der Waals surface area contributed by atoms with Gasteiger partial charge in [-0.3, -0.25) is 4.40 Å². The fraction of sp³-hybridized carbons (Fsp3) is 0.0370. The maximum atomic E-state index is 10.1. The Balaban J connectivity index is 1.59. The third kappa shape index (κ3) is 3.24. The van der Waals surface area contributed by atoms with Crippen LogP contribution in [-0.4, -0.2) is 24.1 Å². The quantitative estimate of drug-likeness (QED) is 0.325. The molecule has 3 aromatic heterocycles. The molecule has 0 unspecified atom stereocenters. The number of aromatic nitrogens is 5. The summed E-state index contributed by atoms with van der Waals surface area (Å²) in [5, 5.41) is 20.7. The molecule has 0 saturated heterocycles. The van der Waals surface area contributed by atoms with Crippen LogP contribution in [0.1, 0.15) is 5.56 Å². The van der Waals surface area contributed by atoms with Crippen LogP contribution in [0.2, 0.25) is 0 Å². The first-order chi connectivity index (χ1) is 16.7. The number of rotatable bonds is 4. The topological polar surface area (TPSA) is 71.8 Å². The molecular weight excluding hydrogens is 440 g/mol. The molecule has 6 aromatic rings. The predicted molar refractivity (Wildman–Crippen MR) is 133 cm³/mol. The first-order valence-electron chi connectivity index (χ1n) is 10.8. The highest BCUT2D eigenvalue weighted by Gasteiger charge is 2.20. The van der Waals surface area contributed by atoms with E-state index in [0.717, 1.165) is 43.7 Å². The molecule has 0 aliphatic rings. The van der Waals surface area contributed by atoms with Crippen molar-refractivity contribution in [3.63, 3.8) is 0 Å². The summed E-state index contributed by atoms with van der Waals surface area (Å²) in [6.07, 6.45) is 0. The van der Waals surface area contributed by atoms with E-state index in [9.17, 15) is 5.26 Å². The van der Waals surface area contributed by atoms with Gasteiger partial charge in [-0.2, -0.15) is 5.26 Å². The van der Waals surface area contributed by atoms with Crippen LogP contribution in [-0.2, 0) is 7.05 Å². The minimum absolute atomic E-state index is 0.551. The second kappa shape index (κ2) is 8.18. The normalized spacial score (nSPS) is 11.2. The van der Waals surface area contributed by atoms with Crippen LogP contribution in [0.5, 0.6) is 0 Å². The lowest BCUT2D eigenvalue weighted by Crippen LogP contribution is -1.99. The molecule has 0 bridgehead atoms. The first kappa shape index (κ1) is 20.2. The molecule has 0 aliphatic carbocycles. The lowest BCUT2D eigenvalue weighted by Gasteiger charge is -2.12. The van der Waals surface area contributed by atoms with Crippen LogP contribution >= 0.6 is 11.8 Å². The van der Waals surface area contributed by atoms with Crippen LogP contribution in [0, 0.1) is 11.3 Å². The molecule has 3 heterocycles. The summed E-state index contributed by atoms with van der Waals surface area (Å²) in [4.78, 5) is 4.83. The fourth-order valence-corrected chi connectivity index (χ4v) is 5.11. The van der Waals surface area contributed by atoms with Gasteiger partial charge >= 0.3 is 0 Å². The molecule has 0 N–H and O–H groups in total. The summed E-state index contributed by atoms with van der Waals surface area (Å²) >= 11 is 1.51. The number of hydrogen-bond acceptors (Lipinski definition) is 5. The zero-order valence-corrected chi connectivity index (χ0v) is 19.1. The van der Waals surface area contributed by atoms with Crippen molar-refractivity contribution in [2.24, 2.45) is 7.05 Å². The minimum atomic E-state index is 0.551. The van der Waals surface area contributed by atoms with E-state index in [1.807, 2.05) is 101 Å². The van der Waals surface area contributed by atoms with Gasteiger partial charge in [-0.15, -0.1) is 10.2 Å². The van der Waals surface area contributed by atoms with Gasteiger partial charge in [0.05, 0.1) is 16.1 Å². The van der Waals surface area contributed by atoms with Gasteiger partial charge in [0, 0.05) is 18.2 Å². The molecule has 0 fully saturated rings. The van der Waals surface area contributed by atoms with Crippen LogP contribution in [0.25, 0.3) is 39.2 Å². The highest BCUT2D eigenvalue weighted by atomic mass is 32.2. The van der Waals surface area contributed by atoms with E-state index >= 15 is 0 Å². The van der Waals surface area contributed by atoms with Crippen molar-refractivity contribution in [3.05, 3.63) is 96.6 Å². The average Bonchev–Trinajstić information content (AvgIpc) is 3.45. The number of benzene rings is 3. The molecule has 6 rings (SSSR count). The van der Waals surface area contributed by atoms with Crippen molar-refractivity contribution in [1.82, 2.24) is 24.1 Å². The number of pyridine rings is 1. The maximum Gasteiger partial charge on any atom is 0.197 e. The van der Waals surface area contributed by atoms with Crippen molar-refractivity contribution in [3.8, 4) is 28.6 Å². The van der Waals surface area contributed by atoms with Gasteiger partial charge in [0.1, 0.15) is 11.6 Å². The molecule has 0 atom stereocenters. The Morgan fingerprint density at radius 2 is 1.50 bits per heavy atom. The molecule has 0 amide bonds. The highest BCUT2D eigenvalue weighted by Crippen LogP contribution is 2.37. The molecule has 6 nitrogen and oxygen atoms in total. The summed E-state index contributed by atoms with van der Waals surface area (Å²) in [6, 6.07) is 32.3. The number of imidazole rings is 1. The summed E-state index contributed by atoms with van der Waals surface area (Å²) in [7, 11) is 1.97. The fourth-order valence-electron chi connectivity index (χ4n) is 4.16. The molecule has 0 saturated carbocycles. The van der Waals surface area contributed by atoms with Gasteiger partial charge in [-0.1, -0.05) is 72.8 Å². The predicted octanol–water partition coefficient (Wildman–Crippen LogP) is 5.97. The second-order valence-electron chi connectivity index (χ2n) is 7.84. The van der Waals surface area contributed by atoms with Crippen molar-refractivity contribution >= 4 is 28.4 Å². The molecule has 0 spiro atoms. The zero-order valence-electron chi connectivity index (χ0n) is 18.3. The van der Waals surface area contributed by atoms with Crippen LogP contribution in [0.4, 0.5) is 0 Å². The Labute approximate surface area is 200 Å². The molecule has 162 valence electrons. The summed E-state index contributed by atoms with van der Waals surface area (Å²) in [6.45, 7) is 0. The smallest absolute Gasteiger partial charge is 0.197 e. The van der Waals surface area contributed by atoms with E-state index in [0.29, 0.717) is 11.2 Å². The maximum absolute atomic E-state index is 10.1. The standard InChI is InChI=1S/C27H18N6S/c1-32-25(19-12-6-3-7-13-19)30-31-27(32)34-24-16-20(18-10-4-2-5-11-18)21(17-28)26-29-22-14-8-9-15-23(22)33(24)26/h2-16H,1H3. The van der Waals surface area contributed by atoms with Crippen molar-refractivity contribution in [2.45, 2.75) is 10.2 Å². The lowest BCUT2D eigenvalue weighted by atomic mass is 10.0. The van der Waals surface area contributed by atoms with E-state index in [1.165, 1.54) is 11.8 Å². The summed E-state index contributed by atoms with van der Waals surface area (Å²) in [5.74, 6) is 0.798. The Kier molecular flexibility index (Phi) is 4.86. The van der Waals surface area contributed by atoms with Crippen molar-refractivity contribution < 1.29 is 0 Å². The number of nitrogens with zero attached hydrogens (tertiary/aromatic N) is 6. The van der Waals surface area contributed by atoms with E-state index in [4.69, 9.17) is 4.98 Å². The van der Waals surface area contributed by atoms with E-state index in [-0.39, 0.29) is 0 Å². The molecule has 0 aliphatic heterocycles. The monoisotopic (exact) mass is 458 g/mol. The SMILES string of the molecule is Cn1c(Sc2cc(-c3ccccc3)c(C#N)c3nc4ccccc4n23)nnc1-c1ccccc1. The van der Waals surface area contributed by atoms with Gasteiger partial charge in [0.15, 0.2) is 16.6 Å². The Morgan fingerprint density at radius 1 is 0.824 bits per heavy atom. The first-order valence-corrected chi connectivity index (χ1v) is 11.6. The van der Waals surface area contributed by atoms with Gasteiger partial charge in [0.25, 0.3) is 0 Å². The number of nitriles is 1. The third-order valence-electron chi connectivity index (χ3n) is 5.80. The van der Waals surface area contributed by atoms with Crippen molar-refractivity contribution in [1.29, 1.82) is 5.26 Å². The highest BCUT2D eigenvalue weighted by molar-refractivity contribution is 7.99. The number of para-hydroxylation sites is 2. The summed E-state index contributed by atoms with van der Waals surface area (Å²) < 4.78 is 4.03. The zero-order chi connectivity index (χ0) is 23.1. The molecule has 34 heavy (non-hydrogen) atoms. The number of fused-ring (bicyclic) bond motifs is 3. The Hall–Kier alpha value is -4.41. The van der Waals surface area contributed by atoms with Gasteiger partial charge in [-0.05, 0) is 35.5 Å². The van der Waals surface area contributed by atoms with Crippen LogP contribution in [0.3, 0.4) is 0 Å². The van der Waals surface area contributed by atoms with E-state index in [2.05, 4.69) is 22.3 Å². The van der Waals surface area contributed by atoms with Crippen LogP contribution in [0.15, 0.2) is 101 Å². The van der Waals surface area contributed by atoms with Crippen LogP contribution < -0.4 is 0 Å². The van der Waals surface area contributed by atoms with Crippen molar-refractivity contribution in [2.75, 3.05) is 0 Å². The molecule has 3 aromatic carbocycles. The number of hydrogen-bond donors (Lipinski definition) is 0. The van der Waals surface area contributed by atoms with Gasteiger partial charge < -0.3 is 4.57 Å². The van der Waals surface area contributed by atoms with E-state index in [1.54, 1.807) is 0 Å². The third-order valence-corrected chi connectivity index (χ3v) is 6.85. The van der Waals surface area contributed by atoms with E-state index < -0.39 is 0 Å². The second-order valence-corrected chi connectivity index (χ2v) is 8.83. The van der Waals surface area contributed by atoms with Gasteiger partial charge in [-0.25, -0.2) is 4.98 Å². The molecular formula is C27H18N6S. The van der Waals surface area contributed by atoms with Gasteiger partial charge in [0.2, 0.25) is 0 Å². The average molecular weight is 459 g/mol.